The van der Waals surface area contributed by atoms with Gasteiger partial charge in [0.25, 0.3) is 11.6 Å². The van der Waals surface area contributed by atoms with Gasteiger partial charge in [0.15, 0.2) is 6.61 Å². The van der Waals surface area contributed by atoms with Gasteiger partial charge in [0, 0.05) is 32.4 Å². The first kappa shape index (κ1) is 18.7. The number of nitrogens with one attached hydrogen (secondary N) is 1. The lowest BCUT2D eigenvalue weighted by Gasteiger charge is -2.13. The Morgan fingerprint density at radius 2 is 2.09 bits per heavy atom. The minimum Gasteiger partial charge on any atom is -0.483 e. The Balaban J connectivity index is 2.72. The van der Waals surface area contributed by atoms with E-state index < -0.39 is 40.6 Å². The molecule has 1 aromatic carbocycles. The van der Waals surface area contributed by atoms with Crippen molar-refractivity contribution < 1.29 is 32.4 Å². The van der Waals surface area contributed by atoms with E-state index in [4.69, 9.17) is 9.47 Å². The van der Waals surface area contributed by atoms with Crippen molar-refractivity contribution in [1.29, 1.82) is 0 Å². The van der Waals surface area contributed by atoms with E-state index in [-0.39, 0.29) is 0 Å². The molecule has 0 heterocycles. The predicted octanol–water partition coefficient (Wildman–Crippen LogP) is 2.15. The molecule has 7 nitrogen and oxygen atoms in total. The summed E-state index contributed by atoms with van der Waals surface area (Å²) in [6, 6.07) is 2.06. The quantitative estimate of drug-likeness (QED) is 0.446. The molecule has 0 unspecified atom stereocenters. The molecule has 10 heteroatoms. The van der Waals surface area contributed by atoms with E-state index >= 15 is 0 Å². The molecule has 0 saturated heterocycles. The molecule has 0 aliphatic heterocycles. The molecule has 0 aliphatic rings. The van der Waals surface area contributed by atoms with Crippen LogP contribution in [-0.4, -0.2) is 37.7 Å². The van der Waals surface area contributed by atoms with Gasteiger partial charge >= 0.3 is 6.18 Å². The number of nitrogens with zero attached hydrogens (tertiary/aromatic N) is 1. The normalized spacial score (nSPS) is 11.1. The Morgan fingerprint density at radius 1 is 1.39 bits per heavy atom. The van der Waals surface area contributed by atoms with Crippen LogP contribution in [0.3, 0.4) is 0 Å². The van der Waals surface area contributed by atoms with Crippen LogP contribution < -0.4 is 10.1 Å². The molecule has 1 rings (SSSR count). The van der Waals surface area contributed by atoms with Crippen molar-refractivity contribution in [1.82, 2.24) is 5.32 Å². The minimum atomic E-state index is -4.84. The molecular formula is C13H15F3N2O5. The number of ether oxygens (including phenoxy) is 2. The van der Waals surface area contributed by atoms with Crippen molar-refractivity contribution in [3.63, 3.8) is 0 Å². The number of methoxy groups -OCH3 is 1. The van der Waals surface area contributed by atoms with Gasteiger partial charge in [-0.15, -0.1) is 0 Å². The van der Waals surface area contributed by atoms with Gasteiger partial charge in [0.2, 0.25) is 0 Å². The van der Waals surface area contributed by atoms with Gasteiger partial charge < -0.3 is 14.8 Å². The predicted molar refractivity (Wildman–Crippen MR) is 73.1 cm³/mol. The summed E-state index contributed by atoms with van der Waals surface area (Å²) in [5, 5.41) is 13.0. The number of alkyl halides is 3. The number of carbonyl (C=O) groups excluding carboxylic acids is 1. The molecule has 0 bridgehead atoms. The summed E-state index contributed by atoms with van der Waals surface area (Å²) < 4.78 is 48.3. The van der Waals surface area contributed by atoms with Crippen molar-refractivity contribution in [2.24, 2.45) is 0 Å². The summed E-state index contributed by atoms with van der Waals surface area (Å²) in [5.41, 5.74) is -2.02. The van der Waals surface area contributed by atoms with Crippen molar-refractivity contribution in [2.75, 3.05) is 26.9 Å². The molecule has 0 spiro atoms. The van der Waals surface area contributed by atoms with Crippen LogP contribution in [-0.2, 0) is 15.7 Å². The number of benzene rings is 1. The largest absolute Gasteiger partial charge is 0.483 e. The summed E-state index contributed by atoms with van der Waals surface area (Å²) in [6.07, 6.45) is -4.29. The van der Waals surface area contributed by atoms with Crippen molar-refractivity contribution >= 4 is 11.6 Å². The summed E-state index contributed by atoms with van der Waals surface area (Å²) in [4.78, 5) is 21.1. The zero-order valence-corrected chi connectivity index (χ0v) is 12.2. The molecule has 1 aromatic rings. The molecule has 1 N–H and O–H groups in total. The van der Waals surface area contributed by atoms with E-state index in [9.17, 15) is 28.1 Å². The molecule has 0 saturated carbocycles. The number of nitro groups is 1. The van der Waals surface area contributed by atoms with Crippen LogP contribution in [0.4, 0.5) is 18.9 Å². The Labute approximate surface area is 129 Å². The molecule has 0 aliphatic carbocycles. The van der Waals surface area contributed by atoms with E-state index in [1.165, 1.54) is 7.11 Å². The third-order valence-electron chi connectivity index (χ3n) is 2.69. The lowest BCUT2D eigenvalue weighted by atomic mass is 10.1. The number of non-ortho nitro benzene ring substituents is 1. The summed E-state index contributed by atoms with van der Waals surface area (Å²) in [5.74, 6) is -1.25. The second-order valence-corrected chi connectivity index (χ2v) is 4.42. The Bertz CT molecular complexity index is 563. The van der Waals surface area contributed by atoms with E-state index in [1.807, 2.05) is 0 Å². The zero-order chi connectivity index (χ0) is 17.5. The first-order valence-electron chi connectivity index (χ1n) is 6.49. The van der Waals surface area contributed by atoms with Gasteiger partial charge in [-0.2, -0.15) is 13.2 Å². The van der Waals surface area contributed by atoms with Crippen molar-refractivity contribution in [3.05, 3.63) is 33.9 Å². The summed E-state index contributed by atoms with van der Waals surface area (Å²) in [6.45, 7) is 0.0952. The monoisotopic (exact) mass is 336 g/mol. The second kappa shape index (κ2) is 8.32. The first-order chi connectivity index (χ1) is 10.8. The van der Waals surface area contributed by atoms with Crippen LogP contribution in [0.25, 0.3) is 0 Å². The van der Waals surface area contributed by atoms with Crippen LogP contribution in [0.1, 0.15) is 12.0 Å². The maximum Gasteiger partial charge on any atom is 0.420 e. The van der Waals surface area contributed by atoms with Gasteiger partial charge in [-0.3, -0.25) is 14.9 Å². The highest BCUT2D eigenvalue weighted by Crippen LogP contribution is 2.38. The number of amides is 1. The smallest absolute Gasteiger partial charge is 0.420 e. The highest BCUT2D eigenvalue weighted by molar-refractivity contribution is 5.77. The average Bonchev–Trinajstić information content (AvgIpc) is 2.48. The lowest BCUT2D eigenvalue weighted by molar-refractivity contribution is -0.385. The fourth-order valence-electron chi connectivity index (χ4n) is 1.62. The minimum absolute atomic E-state index is 0.294. The van der Waals surface area contributed by atoms with E-state index in [0.717, 1.165) is 12.1 Å². The summed E-state index contributed by atoms with van der Waals surface area (Å²) >= 11 is 0. The Hall–Kier alpha value is -2.36. The number of carbonyl (C=O) groups is 1. The zero-order valence-electron chi connectivity index (χ0n) is 12.2. The highest BCUT2D eigenvalue weighted by atomic mass is 19.4. The first-order valence-corrected chi connectivity index (χ1v) is 6.49. The fraction of sp³-hybridized carbons (Fsp3) is 0.462. The number of nitro benzene ring substituents is 1. The van der Waals surface area contributed by atoms with Crippen LogP contribution in [0.5, 0.6) is 5.75 Å². The van der Waals surface area contributed by atoms with E-state index in [1.54, 1.807) is 0 Å². The van der Waals surface area contributed by atoms with Crippen LogP contribution >= 0.6 is 0 Å². The third-order valence-corrected chi connectivity index (χ3v) is 2.69. The lowest BCUT2D eigenvalue weighted by Crippen LogP contribution is -2.30. The van der Waals surface area contributed by atoms with Gasteiger partial charge in [-0.05, 0) is 12.5 Å². The number of hydrogen-bond donors (Lipinski definition) is 1. The molecule has 23 heavy (non-hydrogen) atoms. The maximum atomic E-state index is 12.9. The molecule has 0 atom stereocenters. The van der Waals surface area contributed by atoms with Gasteiger partial charge in [0.05, 0.1) is 4.92 Å². The number of halogens is 3. The molecule has 0 radical (unpaired) electrons. The number of rotatable bonds is 8. The average molecular weight is 336 g/mol. The van der Waals surface area contributed by atoms with E-state index in [0.29, 0.717) is 25.6 Å². The van der Waals surface area contributed by atoms with Crippen LogP contribution in [0, 0.1) is 10.1 Å². The second-order valence-electron chi connectivity index (χ2n) is 4.42. The number of hydrogen-bond acceptors (Lipinski definition) is 5. The van der Waals surface area contributed by atoms with E-state index in [2.05, 4.69) is 5.32 Å². The molecular weight excluding hydrogens is 321 g/mol. The fourth-order valence-corrected chi connectivity index (χ4v) is 1.62. The van der Waals surface area contributed by atoms with Crippen LogP contribution in [0.2, 0.25) is 0 Å². The maximum absolute atomic E-state index is 12.9. The van der Waals surface area contributed by atoms with Crippen LogP contribution in [0.15, 0.2) is 18.2 Å². The van der Waals surface area contributed by atoms with Crippen molar-refractivity contribution in [2.45, 2.75) is 12.6 Å². The highest BCUT2D eigenvalue weighted by Gasteiger charge is 2.36. The van der Waals surface area contributed by atoms with Gasteiger partial charge in [0.1, 0.15) is 11.3 Å². The molecule has 1 amide bonds. The molecule has 128 valence electrons. The Morgan fingerprint density at radius 3 is 2.65 bits per heavy atom. The standard InChI is InChI=1S/C13H15F3N2O5/c1-22-6-2-5-17-12(19)8-23-11-4-3-9(18(20)21)7-10(11)13(14,15)16/h3-4,7H,2,5-6,8H2,1H3,(H,17,19). The molecule has 0 fully saturated rings. The SMILES string of the molecule is COCCCNC(=O)COc1ccc([N+](=O)[O-])cc1C(F)(F)F. The third kappa shape index (κ3) is 6.10. The topological polar surface area (TPSA) is 90.7 Å². The van der Waals surface area contributed by atoms with Crippen molar-refractivity contribution in [3.8, 4) is 5.75 Å². The van der Waals surface area contributed by atoms with Gasteiger partial charge in [-0.1, -0.05) is 0 Å². The Kier molecular flexibility index (Phi) is 6.76. The van der Waals surface area contributed by atoms with Gasteiger partial charge in [-0.25, -0.2) is 0 Å². The molecule has 0 aromatic heterocycles. The summed E-state index contributed by atoms with van der Waals surface area (Å²) in [7, 11) is 1.50.